The number of nitrogens with zero attached hydrogens (tertiary/aromatic N) is 1. The molecule has 0 spiro atoms. The lowest BCUT2D eigenvalue weighted by Crippen LogP contribution is -2.50. The van der Waals surface area contributed by atoms with E-state index in [0.717, 1.165) is 5.56 Å². The van der Waals surface area contributed by atoms with E-state index in [0.29, 0.717) is 37.6 Å². The van der Waals surface area contributed by atoms with Crippen LogP contribution in [0.4, 0.5) is 0 Å². The van der Waals surface area contributed by atoms with Crippen LogP contribution in [0.25, 0.3) is 0 Å². The Labute approximate surface area is 145 Å². The first-order valence-electron chi connectivity index (χ1n) is 8.29. The van der Waals surface area contributed by atoms with Gasteiger partial charge in [-0.15, -0.1) is 0 Å². The van der Waals surface area contributed by atoms with Gasteiger partial charge in [-0.1, -0.05) is 35.5 Å². The van der Waals surface area contributed by atoms with Crippen molar-refractivity contribution in [3.8, 4) is 0 Å². The summed E-state index contributed by atoms with van der Waals surface area (Å²) in [7, 11) is 0. The molecule has 1 amide bonds. The first kappa shape index (κ1) is 17.6. The molecule has 1 saturated heterocycles. The predicted octanol–water partition coefficient (Wildman–Crippen LogP) is 1.58. The third-order valence-electron chi connectivity index (χ3n) is 4.29. The monoisotopic (exact) mass is 346 g/mol. The lowest BCUT2D eigenvalue weighted by molar-refractivity contribution is -0.0736. The summed E-state index contributed by atoms with van der Waals surface area (Å²) in [5, 5.41) is 16.1. The largest absolute Gasteiger partial charge is 0.391 e. The highest BCUT2D eigenvalue weighted by Crippen LogP contribution is 2.17. The molecule has 1 aromatic heterocycles. The maximum Gasteiger partial charge on any atom is 0.274 e. The summed E-state index contributed by atoms with van der Waals surface area (Å²) < 4.78 is 16.4. The number of aromatic nitrogens is 1. The third kappa shape index (κ3) is 4.25. The van der Waals surface area contributed by atoms with E-state index >= 15 is 0 Å². The van der Waals surface area contributed by atoms with Gasteiger partial charge in [0, 0.05) is 6.61 Å². The molecule has 3 rings (SSSR count). The molecule has 1 aromatic carbocycles. The summed E-state index contributed by atoms with van der Waals surface area (Å²) in [5.74, 6) is 0.0672. The highest BCUT2D eigenvalue weighted by molar-refractivity contribution is 5.94. The SMILES string of the molecule is Cc1onc(C(=O)N[C@@H]2CCOC[C@H]2OCc2ccccc2)c1CO. The van der Waals surface area contributed by atoms with E-state index in [1.165, 1.54) is 0 Å². The van der Waals surface area contributed by atoms with Crippen LogP contribution in [-0.4, -0.2) is 41.5 Å². The van der Waals surface area contributed by atoms with E-state index in [9.17, 15) is 9.90 Å². The van der Waals surface area contributed by atoms with Crippen LogP contribution in [0.1, 0.15) is 33.8 Å². The average molecular weight is 346 g/mol. The number of ether oxygens (including phenoxy) is 2. The minimum Gasteiger partial charge on any atom is -0.391 e. The number of aliphatic hydroxyl groups is 1. The number of hydrogen-bond acceptors (Lipinski definition) is 6. The quantitative estimate of drug-likeness (QED) is 0.825. The van der Waals surface area contributed by atoms with Gasteiger partial charge < -0.3 is 24.4 Å². The fourth-order valence-corrected chi connectivity index (χ4v) is 2.81. The van der Waals surface area contributed by atoms with Gasteiger partial charge in [0.15, 0.2) is 5.69 Å². The molecule has 0 saturated carbocycles. The number of aryl methyl sites for hydroxylation is 1. The Morgan fingerprint density at radius 2 is 2.20 bits per heavy atom. The molecule has 1 fully saturated rings. The Kier molecular flexibility index (Phi) is 5.80. The summed E-state index contributed by atoms with van der Waals surface area (Å²) in [6, 6.07) is 9.66. The van der Waals surface area contributed by atoms with Crippen molar-refractivity contribution < 1.29 is 23.9 Å². The van der Waals surface area contributed by atoms with Crippen LogP contribution < -0.4 is 5.32 Å². The van der Waals surface area contributed by atoms with Crippen molar-refractivity contribution in [3.05, 3.63) is 52.9 Å². The molecule has 0 bridgehead atoms. The fourth-order valence-electron chi connectivity index (χ4n) is 2.81. The highest BCUT2D eigenvalue weighted by atomic mass is 16.5. The van der Waals surface area contributed by atoms with E-state index < -0.39 is 0 Å². The lowest BCUT2D eigenvalue weighted by atomic mass is 10.1. The Bertz CT molecular complexity index is 701. The lowest BCUT2D eigenvalue weighted by Gasteiger charge is -2.32. The van der Waals surface area contributed by atoms with Gasteiger partial charge in [-0.25, -0.2) is 0 Å². The molecule has 1 aliphatic rings. The normalized spacial score (nSPS) is 20.4. The molecule has 2 atom stereocenters. The molecule has 134 valence electrons. The smallest absolute Gasteiger partial charge is 0.274 e. The average Bonchev–Trinajstić information content (AvgIpc) is 3.02. The van der Waals surface area contributed by atoms with Crippen molar-refractivity contribution in [2.75, 3.05) is 13.2 Å². The van der Waals surface area contributed by atoms with Gasteiger partial charge in [0.1, 0.15) is 11.9 Å². The van der Waals surface area contributed by atoms with Gasteiger partial charge >= 0.3 is 0 Å². The van der Waals surface area contributed by atoms with Crippen molar-refractivity contribution in [1.29, 1.82) is 0 Å². The molecule has 0 unspecified atom stereocenters. The number of nitrogens with one attached hydrogen (secondary N) is 1. The molecule has 7 nitrogen and oxygen atoms in total. The molecule has 0 aliphatic carbocycles. The first-order chi connectivity index (χ1) is 12.2. The fraction of sp³-hybridized carbons (Fsp3) is 0.444. The van der Waals surface area contributed by atoms with Gasteiger partial charge in [-0.3, -0.25) is 4.79 Å². The zero-order valence-corrected chi connectivity index (χ0v) is 14.1. The Morgan fingerprint density at radius 3 is 2.96 bits per heavy atom. The van der Waals surface area contributed by atoms with Gasteiger partial charge in [0.25, 0.3) is 5.91 Å². The van der Waals surface area contributed by atoms with E-state index in [1.807, 2.05) is 30.3 Å². The van der Waals surface area contributed by atoms with Crippen LogP contribution in [0.15, 0.2) is 34.9 Å². The highest BCUT2D eigenvalue weighted by Gasteiger charge is 2.30. The van der Waals surface area contributed by atoms with E-state index in [1.54, 1.807) is 6.92 Å². The van der Waals surface area contributed by atoms with Crippen LogP contribution >= 0.6 is 0 Å². The summed E-state index contributed by atoms with van der Waals surface area (Å²) in [6.45, 7) is 2.80. The maximum absolute atomic E-state index is 12.5. The van der Waals surface area contributed by atoms with Crippen molar-refractivity contribution in [2.45, 2.75) is 38.7 Å². The molecular formula is C18H22N2O5. The summed E-state index contributed by atoms with van der Waals surface area (Å²) in [4.78, 5) is 12.5. The Hall–Kier alpha value is -2.22. The molecule has 2 N–H and O–H groups in total. The van der Waals surface area contributed by atoms with Gasteiger partial charge in [0.05, 0.1) is 31.4 Å². The third-order valence-corrected chi connectivity index (χ3v) is 4.29. The zero-order valence-electron chi connectivity index (χ0n) is 14.1. The second-order valence-electron chi connectivity index (χ2n) is 6.00. The van der Waals surface area contributed by atoms with Crippen molar-refractivity contribution in [1.82, 2.24) is 10.5 Å². The van der Waals surface area contributed by atoms with E-state index in [-0.39, 0.29) is 30.4 Å². The number of carbonyl (C=O) groups excluding carboxylic acids is 1. The number of rotatable bonds is 6. The minimum absolute atomic E-state index is 0.119. The van der Waals surface area contributed by atoms with Crippen LogP contribution in [0, 0.1) is 6.92 Å². The molecule has 0 radical (unpaired) electrons. The molecule has 2 heterocycles. The summed E-state index contributed by atoms with van der Waals surface area (Å²) in [6.07, 6.45) is 0.403. The number of hydrogen-bond donors (Lipinski definition) is 2. The Morgan fingerprint density at radius 1 is 1.40 bits per heavy atom. The summed E-state index contributed by atoms with van der Waals surface area (Å²) >= 11 is 0. The maximum atomic E-state index is 12.5. The molecular weight excluding hydrogens is 324 g/mol. The van der Waals surface area contributed by atoms with Crippen LogP contribution in [0.3, 0.4) is 0 Å². The second kappa shape index (κ2) is 8.24. The van der Waals surface area contributed by atoms with Crippen LogP contribution in [0.5, 0.6) is 0 Å². The number of benzene rings is 1. The number of aliphatic hydroxyl groups excluding tert-OH is 1. The first-order valence-corrected chi connectivity index (χ1v) is 8.29. The molecule has 25 heavy (non-hydrogen) atoms. The molecule has 1 aliphatic heterocycles. The number of carbonyl (C=O) groups is 1. The second-order valence-corrected chi connectivity index (χ2v) is 6.00. The topological polar surface area (TPSA) is 93.8 Å². The Balaban J connectivity index is 1.63. The van der Waals surface area contributed by atoms with E-state index in [2.05, 4.69) is 10.5 Å². The van der Waals surface area contributed by atoms with Gasteiger partial charge in [-0.2, -0.15) is 0 Å². The predicted molar refractivity (Wildman–Crippen MR) is 88.9 cm³/mol. The van der Waals surface area contributed by atoms with Gasteiger partial charge in [-0.05, 0) is 18.9 Å². The van der Waals surface area contributed by atoms with Crippen molar-refractivity contribution in [2.24, 2.45) is 0 Å². The van der Waals surface area contributed by atoms with Crippen LogP contribution in [0.2, 0.25) is 0 Å². The number of amides is 1. The van der Waals surface area contributed by atoms with Crippen LogP contribution in [-0.2, 0) is 22.7 Å². The van der Waals surface area contributed by atoms with Gasteiger partial charge in [0.2, 0.25) is 0 Å². The minimum atomic E-state index is -0.374. The van der Waals surface area contributed by atoms with Crippen molar-refractivity contribution >= 4 is 5.91 Å². The summed E-state index contributed by atoms with van der Waals surface area (Å²) in [5.41, 5.74) is 1.59. The zero-order chi connectivity index (χ0) is 17.6. The van der Waals surface area contributed by atoms with Crippen molar-refractivity contribution in [3.63, 3.8) is 0 Å². The standard InChI is InChI=1S/C18H22N2O5/c1-12-14(9-21)17(20-25-12)18(22)19-15-7-8-23-11-16(15)24-10-13-5-3-2-4-6-13/h2-6,15-16,21H,7-11H2,1H3,(H,19,22)/t15-,16-/m1/s1. The molecule has 2 aromatic rings. The van der Waals surface area contributed by atoms with E-state index in [4.69, 9.17) is 14.0 Å². The molecule has 7 heteroatoms.